The third kappa shape index (κ3) is 6.38. The molecule has 9 heteroatoms. The molecular weight excluding hydrogens is 476 g/mol. The highest BCUT2D eigenvalue weighted by Gasteiger charge is 2.26. The van der Waals surface area contributed by atoms with E-state index in [4.69, 9.17) is 4.74 Å². The number of ether oxygens (including phenoxy) is 1. The van der Waals surface area contributed by atoms with Gasteiger partial charge in [-0.05, 0) is 35.2 Å². The molecule has 0 N–H and O–H groups in total. The SMILES string of the molecule is COC(=O)CCc1cccc(CN(Cc2ccc(-c3cnccn3)cc2)S(=O)(=O)c2ccccn2)c1. The van der Waals surface area contributed by atoms with E-state index in [1.807, 2.05) is 48.5 Å². The van der Waals surface area contributed by atoms with Crippen molar-refractivity contribution in [3.63, 3.8) is 0 Å². The van der Waals surface area contributed by atoms with E-state index in [2.05, 4.69) is 15.0 Å². The van der Waals surface area contributed by atoms with Crippen LogP contribution in [0.4, 0.5) is 0 Å². The number of aromatic nitrogens is 3. The summed E-state index contributed by atoms with van der Waals surface area (Å²) in [5, 5.41) is -0.0111. The summed E-state index contributed by atoms with van der Waals surface area (Å²) in [7, 11) is -2.52. The second-order valence-electron chi connectivity index (χ2n) is 8.12. The summed E-state index contributed by atoms with van der Waals surface area (Å²) in [5.41, 5.74) is 4.20. The number of carbonyl (C=O) groups excluding carboxylic acids is 1. The zero-order valence-electron chi connectivity index (χ0n) is 19.8. The molecule has 0 fully saturated rings. The number of esters is 1. The summed E-state index contributed by atoms with van der Waals surface area (Å²) < 4.78 is 33.2. The molecule has 2 aromatic heterocycles. The maximum Gasteiger partial charge on any atom is 0.305 e. The lowest BCUT2D eigenvalue weighted by molar-refractivity contribution is -0.140. The molecule has 0 spiro atoms. The number of pyridine rings is 1. The Morgan fingerprint density at radius 1 is 0.861 bits per heavy atom. The maximum absolute atomic E-state index is 13.6. The fourth-order valence-electron chi connectivity index (χ4n) is 3.73. The number of hydrogen-bond donors (Lipinski definition) is 0. The van der Waals surface area contributed by atoms with Gasteiger partial charge in [0.2, 0.25) is 0 Å². The van der Waals surface area contributed by atoms with Gasteiger partial charge >= 0.3 is 5.97 Å². The largest absolute Gasteiger partial charge is 0.469 e. The maximum atomic E-state index is 13.6. The van der Waals surface area contributed by atoms with Crippen LogP contribution in [0.2, 0.25) is 0 Å². The summed E-state index contributed by atoms with van der Waals surface area (Å²) >= 11 is 0. The summed E-state index contributed by atoms with van der Waals surface area (Å²) in [6, 6.07) is 20.0. The molecule has 0 atom stereocenters. The van der Waals surface area contributed by atoms with Crippen LogP contribution in [0.5, 0.6) is 0 Å². The zero-order chi connectivity index (χ0) is 25.4. The number of sulfonamides is 1. The van der Waals surface area contributed by atoms with Crippen molar-refractivity contribution in [1.82, 2.24) is 19.3 Å². The van der Waals surface area contributed by atoms with Crippen molar-refractivity contribution in [2.75, 3.05) is 7.11 Å². The Morgan fingerprint density at radius 3 is 2.33 bits per heavy atom. The summed E-state index contributed by atoms with van der Waals surface area (Å²) in [6.45, 7) is 0.308. The number of methoxy groups -OCH3 is 1. The molecule has 0 aliphatic rings. The molecular formula is C27H26N4O4S. The topological polar surface area (TPSA) is 102 Å². The standard InChI is InChI=1S/C27H26N4O4S/c1-35-27(32)13-10-21-5-4-6-23(17-21)20-31(36(33,34)26-7-2-3-14-30-26)19-22-8-11-24(12-9-22)25-18-28-15-16-29-25/h2-9,11-12,14-18H,10,13,19-20H2,1H3. The van der Waals surface area contributed by atoms with Crippen LogP contribution in [0.15, 0.2) is 96.5 Å². The van der Waals surface area contributed by atoms with E-state index >= 15 is 0 Å². The van der Waals surface area contributed by atoms with Gasteiger partial charge < -0.3 is 4.74 Å². The van der Waals surface area contributed by atoms with Crippen LogP contribution in [-0.4, -0.2) is 40.8 Å². The first kappa shape index (κ1) is 25.2. The number of carbonyl (C=O) groups is 1. The van der Waals surface area contributed by atoms with E-state index in [0.29, 0.717) is 6.42 Å². The zero-order valence-corrected chi connectivity index (χ0v) is 20.6. The highest BCUT2D eigenvalue weighted by Crippen LogP contribution is 2.22. The van der Waals surface area contributed by atoms with Crippen LogP contribution >= 0.6 is 0 Å². The Kier molecular flexibility index (Phi) is 8.14. The van der Waals surface area contributed by atoms with Crippen LogP contribution in [0, 0.1) is 0 Å². The van der Waals surface area contributed by atoms with Crippen LogP contribution in [-0.2, 0) is 39.1 Å². The number of hydrogen-bond acceptors (Lipinski definition) is 7. The van der Waals surface area contributed by atoms with Gasteiger partial charge in [-0.25, -0.2) is 13.4 Å². The lowest BCUT2D eigenvalue weighted by Crippen LogP contribution is -2.31. The van der Waals surface area contributed by atoms with Gasteiger partial charge in [0.25, 0.3) is 10.0 Å². The molecule has 0 aliphatic carbocycles. The molecule has 0 bridgehead atoms. The smallest absolute Gasteiger partial charge is 0.305 e. The van der Waals surface area contributed by atoms with Gasteiger partial charge in [0, 0.05) is 43.7 Å². The molecule has 4 rings (SSSR count). The van der Waals surface area contributed by atoms with Crippen molar-refractivity contribution in [3.05, 3.63) is 108 Å². The molecule has 0 radical (unpaired) electrons. The number of nitrogens with zero attached hydrogens (tertiary/aromatic N) is 4. The number of benzene rings is 2. The Balaban J connectivity index is 1.60. The second kappa shape index (κ2) is 11.7. The summed E-state index contributed by atoms with van der Waals surface area (Å²) in [4.78, 5) is 24.0. The molecule has 8 nitrogen and oxygen atoms in total. The van der Waals surface area contributed by atoms with Crippen molar-refractivity contribution in [2.24, 2.45) is 0 Å². The molecule has 0 aliphatic heterocycles. The number of rotatable bonds is 10. The van der Waals surface area contributed by atoms with Crippen molar-refractivity contribution in [1.29, 1.82) is 0 Å². The van der Waals surface area contributed by atoms with E-state index in [1.54, 1.807) is 30.7 Å². The molecule has 2 heterocycles. The lowest BCUT2D eigenvalue weighted by Gasteiger charge is -2.22. The van der Waals surface area contributed by atoms with Crippen molar-refractivity contribution in [2.45, 2.75) is 31.0 Å². The highest BCUT2D eigenvalue weighted by atomic mass is 32.2. The summed E-state index contributed by atoms with van der Waals surface area (Å²) in [6.07, 6.45) is 7.16. The Bertz CT molecular complexity index is 1400. The minimum absolute atomic E-state index is 0.0111. The first-order valence-corrected chi connectivity index (χ1v) is 12.8. The van der Waals surface area contributed by atoms with E-state index in [-0.39, 0.29) is 30.5 Å². The normalized spacial score (nSPS) is 11.4. The van der Waals surface area contributed by atoms with Gasteiger partial charge in [0.15, 0.2) is 5.03 Å². The van der Waals surface area contributed by atoms with Crippen LogP contribution in [0.3, 0.4) is 0 Å². The number of aryl methyl sites for hydroxylation is 1. The quantitative estimate of drug-likeness (QED) is 0.302. The molecule has 36 heavy (non-hydrogen) atoms. The van der Waals surface area contributed by atoms with Crippen molar-refractivity contribution < 1.29 is 17.9 Å². The molecule has 0 unspecified atom stereocenters. The average molecular weight is 503 g/mol. The van der Waals surface area contributed by atoms with E-state index in [9.17, 15) is 13.2 Å². The van der Waals surface area contributed by atoms with Gasteiger partial charge in [-0.15, -0.1) is 0 Å². The summed E-state index contributed by atoms with van der Waals surface area (Å²) in [5.74, 6) is -0.287. The van der Waals surface area contributed by atoms with Crippen LogP contribution < -0.4 is 0 Å². The van der Waals surface area contributed by atoms with Crippen LogP contribution in [0.25, 0.3) is 11.3 Å². The van der Waals surface area contributed by atoms with Gasteiger partial charge in [-0.3, -0.25) is 14.8 Å². The van der Waals surface area contributed by atoms with Gasteiger partial charge in [0.05, 0.1) is 19.0 Å². The van der Waals surface area contributed by atoms with E-state index in [0.717, 1.165) is 27.9 Å². The predicted molar refractivity (Wildman–Crippen MR) is 135 cm³/mol. The Labute approximate surface area is 210 Å². The monoisotopic (exact) mass is 502 g/mol. The Hall–Kier alpha value is -3.95. The van der Waals surface area contributed by atoms with E-state index < -0.39 is 10.0 Å². The molecule has 184 valence electrons. The molecule has 2 aromatic carbocycles. The second-order valence-corrected chi connectivity index (χ2v) is 10.0. The third-order valence-electron chi connectivity index (χ3n) is 5.61. The minimum Gasteiger partial charge on any atom is -0.469 e. The first-order valence-electron chi connectivity index (χ1n) is 11.4. The molecule has 0 amide bonds. The molecule has 0 saturated heterocycles. The van der Waals surface area contributed by atoms with Gasteiger partial charge in [0.1, 0.15) is 0 Å². The average Bonchev–Trinajstić information content (AvgIpc) is 2.93. The fraction of sp³-hybridized carbons (Fsp3) is 0.185. The Morgan fingerprint density at radius 2 is 1.64 bits per heavy atom. The van der Waals surface area contributed by atoms with E-state index in [1.165, 1.54) is 23.7 Å². The van der Waals surface area contributed by atoms with Crippen molar-refractivity contribution >= 4 is 16.0 Å². The molecule has 4 aromatic rings. The predicted octanol–water partition coefficient (Wildman–Crippen LogP) is 4.04. The fourth-order valence-corrected chi connectivity index (χ4v) is 5.07. The van der Waals surface area contributed by atoms with Crippen LogP contribution in [0.1, 0.15) is 23.1 Å². The minimum atomic E-state index is -3.88. The molecule has 0 saturated carbocycles. The third-order valence-corrected chi connectivity index (χ3v) is 7.32. The first-order chi connectivity index (χ1) is 17.5. The lowest BCUT2D eigenvalue weighted by atomic mass is 10.1. The van der Waals surface area contributed by atoms with Gasteiger partial charge in [-0.1, -0.05) is 54.6 Å². The van der Waals surface area contributed by atoms with Gasteiger partial charge in [-0.2, -0.15) is 4.31 Å². The van der Waals surface area contributed by atoms with Crippen molar-refractivity contribution in [3.8, 4) is 11.3 Å². The highest BCUT2D eigenvalue weighted by molar-refractivity contribution is 7.89.